The fourth-order valence-corrected chi connectivity index (χ4v) is 1.59. The highest BCUT2D eigenvalue weighted by atomic mass is 16.7. The molecule has 3 rings (SSSR count). The highest BCUT2D eigenvalue weighted by Gasteiger charge is 2.17. The van der Waals surface area contributed by atoms with Gasteiger partial charge in [0.15, 0.2) is 11.5 Å². The van der Waals surface area contributed by atoms with Crippen LogP contribution in [0.3, 0.4) is 0 Å². The predicted molar refractivity (Wildman–Crippen MR) is 63.5 cm³/mol. The minimum Gasteiger partial charge on any atom is -0.454 e. The van der Waals surface area contributed by atoms with Crippen LogP contribution < -0.4 is 15.2 Å². The Morgan fingerprint density at radius 1 is 1.25 bits per heavy atom. The number of nitrogens with two attached hydrogens (primary N) is 1. The lowest BCUT2D eigenvalue weighted by atomic mass is 10.2. The van der Waals surface area contributed by atoms with Gasteiger partial charge in [0.2, 0.25) is 6.79 Å². The first kappa shape index (κ1) is 11.3. The maximum absolute atomic E-state index is 5.45. The van der Waals surface area contributed by atoms with Crippen LogP contribution in [0, 0.1) is 5.92 Å². The molecule has 1 aromatic rings. The smallest absolute Gasteiger partial charge is 0.231 e. The van der Waals surface area contributed by atoms with Crippen LogP contribution in [0.15, 0.2) is 18.2 Å². The van der Waals surface area contributed by atoms with Crippen molar-refractivity contribution < 1.29 is 9.47 Å². The summed E-state index contributed by atoms with van der Waals surface area (Å²) in [5, 5.41) is 0. The van der Waals surface area contributed by atoms with Gasteiger partial charge in [0.05, 0.1) is 0 Å². The number of hydrogen-bond acceptors (Lipinski definition) is 3. The lowest BCUT2D eigenvalue weighted by Crippen LogP contribution is -1.95. The molecule has 2 aliphatic rings. The summed E-state index contributed by atoms with van der Waals surface area (Å²) in [5.74, 6) is 2.74. The molecule has 0 radical (unpaired) electrons. The van der Waals surface area contributed by atoms with E-state index in [2.05, 4.69) is 6.92 Å². The molecule has 0 aromatic heterocycles. The summed E-state index contributed by atoms with van der Waals surface area (Å²) in [6.07, 6.45) is 4.44. The highest BCUT2D eigenvalue weighted by Crippen LogP contribution is 2.32. The second-order valence-electron chi connectivity index (χ2n) is 4.24. The fourth-order valence-electron chi connectivity index (χ4n) is 1.59. The van der Waals surface area contributed by atoms with E-state index in [-0.39, 0.29) is 0 Å². The van der Waals surface area contributed by atoms with Crippen LogP contribution in [0.4, 0.5) is 0 Å². The molecule has 16 heavy (non-hydrogen) atoms. The first-order valence-corrected chi connectivity index (χ1v) is 5.92. The second-order valence-corrected chi connectivity index (χ2v) is 4.24. The van der Waals surface area contributed by atoms with E-state index in [1.165, 1.54) is 19.3 Å². The van der Waals surface area contributed by atoms with Gasteiger partial charge in [-0.25, -0.2) is 0 Å². The molecular formula is C13H19NO2. The lowest BCUT2D eigenvalue weighted by molar-refractivity contribution is 0.174. The van der Waals surface area contributed by atoms with Crippen LogP contribution in [0.1, 0.15) is 31.7 Å². The third-order valence-corrected chi connectivity index (χ3v) is 2.95. The third kappa shape index (κ3) is 2.89. The quantitative estimate of drug-likeness (QED) is 0.835. The Hall–Kier alpha value is -1.22. The molecule has 3 heteroatoms. The molecule has 0 saturated heterocycles. The zero-order chi connectivity index (χ0) is 11.4. The van der Waals surface area contributed by atoms with Gasteiger partial charge in [-0.05, 0) is 23.6 Å². The van der Waals surface area contributed by atoms with E-state index < -0.39 is 0 Å². The summed E-state index contributed by atoms with van der Waals surface area (Å²) in [6.45, 7) is 3.12. The van der Waals surface area contributed by atoms with Crippen LogP contribution in [-0.4, -0.2) is 6.79 Å². The third-order valence-electron chi connectivity index (χ3n) is 2.95. The molecule has 0 bridgehead atoms. The van der Waals surface area contributed by atoms with Crippen LogP contribution >= 0.6 is 0 Å². The zero-order valence-corrected chi connectivity index (χ0v) is 9.74. The summed E-state index contributed by atoms with van der Waals surface area (Å²) in [5.41, 5.74) is 6.51. The molecule has 1 heterocycles. The van der Waals surface area contributed by atoms with Gasteiger partial charge in [-0.2, -0.15) is 0 Å². The Balaban J connectivity index is 0.000000162. The van der Waals surface area contributed by atoms with Gasteiger partial charge in [-0.15, -0.1) is 0 Å². The molecule has 3 nitrogen and oxygen atoms in total. The molecule has 0 spiro atoms. The molecule has 0 unspecified atom stereocenters. The Morgan fingerprint density at radius 2 is 2.00 bits per heavy atom. The molecule has 1 saturated carbocycles. The maximum Gasteiger partial charge on any atom is 0.231 e. The molecule has 88 valence electrons. The van der Waals surface area contributed by atoms with Crippen molar-refractivity contribution in [2.75, 3.05) is 6.79 Å². The van der Waals surface area contributed by atoms with Gasteiger partial charge in [-0.1, -0.05) is 32.3 Å². The largest absolute Gasteiger partial charge is 0.454 e. The number of benzene rings is 1. The Bertz CT molecular complexity index is 348. The maximum atomic E-state index is 5.45. The molecule has 1 aromatic carbocycles. The summed E-state index contributed by atoms with van der Waals surface area (Å²) in [7, 11) is 0. The van der Waals surface area contributed by atoms with Gasteiger partial charge in [0.25, 0.3) is 0 Å². The summed E-state index contributed by atoms with van der Waals surface area (Å²) < 4.78 is 10.3. The number of fused-ring (bicyclic) bond motifs is 1. The Kier molecular flexibility index (Phi) is 3.67. The second kappa shape index (κ2) is 5.21. The van der Waals surface area contributed by atoms with Crippen LogP contribution in [0.25, 0.3) is 0 Å². The molecular weight excluding hydrogens is 202 g/mol. The Labute approximate surface area is 96.5 Å². The molecule has 0 amide bonds. The Morgan fingerprint density at radius 3 is 2.56 bits per heavy atom. The number of rotatable bonds is 2. The minimum absolute atomic E-state index is 0.323. The number of hydrogen-bond donors (Lipinski definition) is 1. The van der Waals surface area contributed by atoms with Crippen molar-refractivity contribution in [3.05, 3.63) is 23.8 Å². The average Bonchev–Trinajstić information content (AvgIpc) is 3.06. The van der Waals surface area contributed by atoms with Gasteiger partial charge < -0.3 is 15.2 Å². The van der Waals surface area contributed by atoms with Crippen molar-refractivity contribution in [2.45, 2.75) is 32.7 Å². The molecule has 1 aliphatic carbocycles. The van der Waals surface area contributed by atoms with E-state index >= 15 is 0 Å². The lowest BCUT2D eigenvalue weighted by Gasteiger charge is -1.97. The normalized spacial score (nSPS) is 16.6. The molecule has 0 atom stereocenters. The fraction of sp³-hybridized carbons (Fsp3) is 0.538. The van der Waals surface area contributed by atoms with Gasteiger partial charge >= 0.3 is 0 Å². The first-order valence-electron chi connectivity index (χ1n) is 5.92. The standard InChI is InChI=1S/C8H9NO2.C5H10/c9-4-6-1-2-7-8(3-6)11-5-10-7;1-2-5-3-4-5/h1-3H,4-5,9H2;5H,2-4H2,1H3. The van der Waals surface area contributed by atoms with Gasteiger partial charge in [0.1, 0.15) is 0 Å². The van der Waals surface area contributed by atoms with Crippen LogP contribution in [0.2, 0.25) is 0 Å². The highest BCUT2D eigenvalue weighted by molar-refractivity contribution is 5.44. The van der Waals surface area contributed by atoms with Gasteiger partial charge in [-0.3, -0.25) is 0 Å². The van der Waals surface area contributed by atoms with E-state index in [0.717, 1.165) is 23.0 Å². The summed E-state index contributed by atoms with van der Waals surface area (Å²) in [4.78, 5) is 0. The summed E-state index contributed by atoms with van der Waals surface area (Å²) in [6, 6.07) is 5.72. The molecule has 2 N–H and O–H groups in total. The predicted octanol–water partition coefficient (Wildman–Crippen LogP) is 2.68. The van der Waals surface area contributed by atoms with Crippen molar-refractivity contribution >= 4 is 0 Å². The van der Waals surface area contributed by atoms with Crippen molar-refractivity contribution in [1.29, 1.82) is 0 Å². The minimum atomic E-state index is 0.323. The molecule has 1 fully saturated rings. The van der Waals surface area contributed by atoms with Gasteiger partial charge in [0, 0.05) is 6.54 Å². The van der Waals surface area contributed by atoms with E-state index in [1.54, 1.807) is 0 Å². The van der Waals surface area contributed by atoms with E-state index in [9.17, 15) is 0 Å². The van der Waals surface area contributed by atoms with Crippen LogP contribution in [-0.2, 0) is 6.54 Å². The van der Waals surface area contributed by atoms with Crippen molar-refractivity contribution in [3.8, 4) is 11.5 Å². The molecule has 1 aliphatic heterocycles. The SMILES string of the molecule is CCC1CC1.NCc1ccc2c(c1)OCO2. The van der Waals surface area contributed by atoms with Crippen molar-refractivity contribution in [1.82, 2.24) is 0 Å². The first-order chi connectivity index (χ1) is 7.83. The van der Waals surface area contributed by atoms with Crippen LogP contribution in [0.5, 0.6) is 11.5 Å². The zero-order valence-electron chi connectivity index (χ0n) is 9.74. The monoisotopic (exact) mass is 221 g/mol. The van der Waals surface area contributed by atoms with E-state index in [1.807, 2.05) is 18.2 Å². The average molecular weight is 221 g/mol. The van der Waals surface area contributed by atoms with E-state index in [0.29, 0.717) is 13.3 Å². The summed E-state index contributed by atoms with van der Waals surface area (Å²) >= 11 is 0. The topological polar surface area (TPSA) is 44.5 Å². The number of ether oxygens (including phenoxy) is 2. The van der Waals surface area contributed by atoms with E-state index in [4.69, 9.17) is 15.2 Å². The van der Waals surface area contributed by atoms with Crippen molar-refractivity contribution in [2.24, 2.45) is 11.7 Å². The van der Waals surface area contributed by atoms with Crippen molar-refractivity contribution in [3.63, 3.8) is 0 Å².